The number of unbranched alkanes of at least 4 members (excludes halogenated alkanes) is 14. The third-order valence-corrected chi connectivity index (χ3v) is 6.95. The van der Waals surface area contributed by atoms with Crippen molar-refractivity contribution in [1.82, 2.24) is 0 Å². The molecule has 0 saturated carbocycles. The molecule has 0 radical (unpaired) electrons. The van der Waals surface area contributed by atoms with Crippen LogP contribution in [0.25, 0.3) is 0 Å². The molecule has 0 aromatic carbocycles. The van der Waals surface area contributed by atoms with Crippen LogP contribution in [0.5, 0.6) is 0 Å². The van der Waals surface area contributed by atoms with Crippen LogP contribution in [-0.4, -0.2) is 5.66 Å². The Balaban J connectivity index is 3.32. The fourth-order valence-corrected chi connectivity index (χ4v) is 4.81. The van der Waals surface area contributed by atoms with Crippen molar-refractivity contribution < 1.29 is 14.4 Å². The van der Waals surface area contributed by atoms with Crippen molar-refractivity contribution >= 4 is 7.60 Å². The van der Waals surface area contributed by atoms with Crippen LogP contribution in [0.1, 0.15) is 124 Å². The molecule has 152 valence electrons. The largest absolute Gasteiger partial charge is 0.811 e. The summed E-state index contributed by atoms with van der Waals surface area (Å²) in [5.41, 5.74) is -0.672. The van der Waals surface area contributed by atoms with E-state index in [-0.39, 0.29) is 5.92 Å². The molecule has 0 N–H and O–H groups in total. The molecule has 0 bridgehead atoms. The van der Waals surface area contributed by atoms with Crippen molar-refractivity contribution in [3.05, 3.63) is 0 Å². The minimum Gasteiger partial charge on any atom is -0.811 e. The molecule has 3 nitrogen and oxygen atoms in total. The minimum absolute atomic E-state index is 0.0625. The highest BCUT2D eigenvalue weighted by Crippen LogP contribution is 2.39. The highest BCUT2D eigenvalue weighted by molar-refractivity contribution is 7.49. The fraction of sp³-hybridized carbons (Fsp3) is 1.00. The quantitative estimate of drug-likeness (QED) is 0.212. The SMILES string of the molecule is CCCCCCCCCCCCCCCCCC(C(C)C)P(=O)([O-])[O-]. The molecule has 0 amide bonds. The zero-order valence-electron chi connectivity index (χ0n) is 17.1. The molecule has 0 aromatic heterocycles. The molecular weight excluding hydrogens is 331 g/mol. The van der Waals surface area contributed by atoms with Gasteiger partial charge in [-0.25, -0.2) is 0 Å². The van der Waals surface area contributed by atoms with E-state index in [2.05, 4.69) is 6.92 Å². The van der Waals surface area contributed by atoms with Crippen molar-refractivity contribution in [2.45, 2.75) is 129 Å². The van der Waals surface area contributed by atoms with Crippen molar-refractivity contribution in [2.24, 2.45) is 5.92 Å². The van der Waals surface area contributed by atoms with Gasteiger partial charge in [0.05, 0.1) is 0 Å². The van der Waals surface area contributed by atoms with Gasteiger partial charge in [-0.1, -0.05) is 125 Å². The Morgan fingerprint density at radius 3 is 1.24 bits per heavy atom. The average molecular weight is 375 g/mol. The molecular formula is C21H43O3P-2. The summed E-state index contributed by atoms with van der Waals surface area (Å²) in [5.74, 6) is -0.0625. The van der Waals surface area contributed by atoms with Crippen LogP contribution in [0.2, 0.25) is 0 Å². The fourth-order valence-electron chi connectivity index (χ4n) is 3.58. The maximum absolute atomic E-state index is 11.2. The zero-order valence-corrected chi connectivity index (χ0v) is 18.0. The van der Waals surface area contributed by atoms with Gasteiger partial charge in [-0.3, -0.25) is 0 Å². The number of hydrogen-bond donors (Lipinski definition) is 0. The molecule has 0 fully saturated rings. The van der Waals surface area contributed by atoms with E-state index in [0.717, 1.165) is 12.8 Å². The lowest BCUT2D eigenvalue weighted by Gasteiger charge is -2.41. The van der Waals surface area contributed by atoms with Crippen molar-refractivity contribution in [3.8, 4) is 0 Å². The zero-order chi connectivity index (χ0) is 19.0. The van der Waals surface area contributed by atoms with E-state index in [0.29, 0.717) is 6.42 Å². The molecule has 0 aromatic rings. The smallest absolute Gasteiger partial charge is 0.0111 e. The maximum Gasteiger partial charge on any atom is -0.0111 e. The predicted octanol–water partition coefficient (Wildman–Crippen LogP) is 6.19. The van der Waals surface area contributed by atoms with E-state index in [1.165, 1.54) is 83.5 Å². The van der Waals surface area contributed by atoms with Crippen LogP contribution in [0.3, 0.4) is 0 Å². The molecule has 0 aliphatic rings. The van der Waals surface area contributed by atoms with Crippen molar-refractivity contribution in [1.29, 1.82) is 0 Å². The molecule has 25 heavy (non-hydrogen) atoms. The first kappa shape index (κ1) is 25.1. The molecule has 0 heterocycles. The predicted molar refractivity (Wildman–Crippen MR) is 106 cm³/mol. The van der Waals surface area contributed by atoms with Gasteiger partial charge in [0.1, 0.15) is 0 Å². The second-order valence-electron chi connectivity index (χ2n) is 8.09. The Morgan fingerprint density at radius 1 is 0.640 bits per heavy atom. The third kappa shape index (κ3) is 16.1. The summed E-state index contributed by atoms with van der Waals surface area (Å²) in [6.45, 7) is 5.93. The summed E-state index contributed by atoms with van der Waals surface area (Å²) in [5, 5.41) is 0. The average Bonchev–Trinajstić information content (AvgIpc) is 2.53. The summed E-state index contributed by atoms with van der Waals surface area (Å²) < 4.78 is 11.2. The summed E-state index contributed by atoms with van der Waals surface area (Å²) in [6.07, 6.45) is 20.0. The van der Waals surface area contributed by atoms with Gasteiger partial charge >= 0.3 is 0 Å². The summed E-state index contributed by atoms with van der Waals surface area (Å²) >= 11 is 0. The highest BCUT2D eigenvalue weighted by Gasteiger charge is 2.16. The van der Waals surface area contributed by atoms with Crippen LogP contribution < -0.4 is 9.79 Å². The molecule has 0 spiro atoms. The lowest BCUT2D eigenvalue weighted by atomic mass is 10.0. The van der Waals surface area contributed by atoms with Gasteiger partial charge < -0.3 is 14.4 Å². The Labute approximate surface area is 157 Å². The Morgan fingerprint density at radius 2 is 0.960 bits per heavy atom. The van der Waals surface area contributed by atoms with E-state index >= 15 is 0 Å². The van der Waals surface area contributed by atoms with Crippen LogP contribution in [0.15, 0.2) is 0 Å². The first-order chi connectivity index (χ1) is 11.9. The van der Waals surface area contributed by atoms with E-state index in [1.54, 1.807) is 0 Å². The summed E-state index contributed by atoms with van der Waals surface area (Å²) in [7, 11) is -4.42. The number of rotatable bonds is 18. The highest BCUT2D eigenvalue weighted by atomic mass is 31.2. The van der Waals surface area contributed by atoms with Crippen LogP contribution in [-0.2, 0) is 4.57 Å². The van der Waals surface area contributed by atoms with E-state index in [9.17, 15) is 14.4 Å². The second kappa shape index (κ2) is 16.3. The summed E-state index contributed by atoms with van der Waals surface area (Å²) in [6, 6.07) is 0. The van der Waals surface area contributed by atoms with Gasteiger partial charge in [-0.05, 0) is 18.0 Å². The monoisotopic (exact) mass is 374 g/mol. The van der Waals surface area contributed by atoms with Crippen LogP contribution in [0, 0.1) is 5.92 Å². The second-order valence-corrected chi connectivity index (χ2v) is 9.83. The Bertz CT molecular complexity index is 325. The molecule has 0 aliphatic heterocycles. The van der Waals surface area contributed by atoms with E-state index in [1.807, 2.05) is 13.8 Å². The first-order valence-electron chi connectivity index (χ1n) is 10.9. The van der Waals surface area contributed by atoms with Gasteiger partial charge in [0.25, 0.3) is 0 Å². The van der Waals surface area contributed by atoms with Crippen molar-refractivity contribution in [3.63, 3.8) is 0 Å². The van der Waals surface area contributed by atoms with E-state index < -0.39 is 13.3 Å². The van der Waals surface area contributed by atoms with Gasteiger partial charge in [0.15, 0.2) is 0 Å². The Hall–Kier alpha value is 0.150. The Kier molecular flexibility index (Phi) is 16.4. The molecule has 1 unspecified atom stereocenters. The molecule has 0 saturated heterocycles. The number of hydrogen-bond acceptors (Lipinski definition) is 3. The summed E-state index contributed by atoms with van der Waals surface area (Å²) in [4.78, 5) is 22.4. The van der Waals surface area contributed by atoms with Gasteiger partial charge in [0.2, 0.25) is 0 Å². The van der Waals surface area contributed by atoms with Gasteiger partial charge in [-0.15, -0.1) is 0 Å². The first-order valence-corrected chi connectivity index (χ1v) is 12.5. The minimum atomic E-state index is -4.42. The molecule has 4 heteroatoms. The topological polar surface area (TPSA) is 63.2 Å². The standard InChI is InChI=1S/C21H45O3P/c1-4-5-6-7-8-9-10-11-12-13-14-15-16-17-18-19-21(20(2)3)25(22,23)24/h20-21H,4-19H2,1-3H3,(H2,22,23,24)/p-2. The van der Waals surface area contributed by atoms with Crippen LogP contribution >= 0.6 is 7.60 Å². The van der Waals surface area contributed by atoms with Crippen LogP contribution in [0.4, 0.5) is 0 Å². The molecule has 0 aliphatic carbocycles. The lowest BCUT2D eigenvalue weighted by Crippen LogP contribution is -2.29. The van der Waals surface area contributed by atoms with E-state index in [4.69, 9.17) is 0 Å². The van der Waals surface area contributed by atoms with Crippen molar-refractivity contribution in [2.75, 3.05) is 0 Å². The van der Waals surface area contributed by atoms with Gasteiger partial charge in [-0.2, -0.15) is 0 Å². The molecule has 0 rings (SSSR count). The molecule has 1 atom stereocenters. The lowest BCUT2D eigenvalue weighted by molar-refractivity contribution is -0.317. The maximum atomic E-state index is 11.2. The third-order valence-electron chi connectivity index (χ3n) is 5.28. The van der Waals surface area contributed by atoms with Gasteiger partial charge in [0, 0.05) is 0 Å². The normalized spacial score (nSPS) is 13.5.